The third-order valence-electron chi connectivity index (χ3n) is 3.68. The third-order valence-corrected chi connectivity index (χ3v) is 3.68. The van der Waals surface area contributed by atoms with Crippen molar-refractivity contribution in [1.29, 1.82) is 0 Å². The van der Waals surface area contributed by atoms with E-state index in [2.05, 4.69) is 11.8 Å². The molecule has 0 aromatic carbocycles. The highest BCUT2D eigenvalue weighted by molar-refractivity contribution is 5.96. The van der Waals surface area contributed by atoms with Crippen molar-refractivity contribution in [3.63, 3.8) is 0 Å². The van der Waals surface area contributed by atoms with E-state index in [1.165, 1.54) is 12.8 Å². The predicted molar refractivity (Wildman–Crippen MR) is 70.3 cm³/mol. The number of likely N-dealkylation sites (N-methyl/N-ethyl adjacent to an activating group) is 1. The molecule has 1 fully saturated rings. The standard InChI is InChI=1S/C14H25NO3/c1-4-18-14(17)9-13(16)10-15(3)12-7-5-11(2)6-8-12/h11-12H,4-10H2,1-3H3. The fourth-order valence-corrected chi connectivity index (χ4v) is 2.52. The molecule has 104 valence electrons. The van der Waals surface area contributed by atoms with Crippen LogP contribution in [0.15, 0.2) is 0 Å². The van der Waals surface area contributed by atoms with E-state index in [1.807, 2.05) is 7.05 Å². The summed E-state index contributed by atoms with van der Waals surface area (Å²) in [6.45, 7) is 4.72. The first-order valence-electron chi connectivity index (χ1n) is 6.90. The minimum atomic E-state index is -0.409. The van der Waals surface area contributed by atoms with Crippen molar-refractivity contribution in [3.8, 4) is 0 Å². The van der Waals surface area contributed by atoms with Gasteiger partial charge in [0.2, 0.25) is 0 Å². The predicted octanol–water partition coefficient (Wildman–Crippen LogP) is 2.02. The van der Waals surface area contributed by atoms with Gasteiger partial charge < -0.3 is 4.74 Å². The highest BCUT2D eigenvalue weighted by Gasteiger charge is 2.23. The smallest absolute Gasteiger partial charge is 0.313 e. The van der Waals surface area contributed by atoms with E-state index < -0.39 is 5.97 Å². The van der Waals surface area contributed by atoms with E-state index in [1.54, 1.807) is 6.92 Å². The second-order valence-corrected chi connectivity index (χ2v) is 5.35. The first kappa shape index (κ1) is 15.2. The van der Waals surface area contributed by atoms with E-state index in [4.69, 9.17) is 4.74 Å². The zero-order chi connectivity index (χ0) is 13.5. The summed E-state index contributed by atoms with van der Waals surface area (Å²) >= 11 is 0. The van der Waals surface area contributed by atoms with Gasteiger partial charge in [-0.2, -0.15) is 0 Å². The van der Waals surface area contributed by atoms with Crippen LogP contribution in [0.4, 0.5) is 0 Å². The Morgan fingerprint density at radius 2 is 1.83 bits per heavy atom. The molecule has 0 spiro atoms. The number of rotatable bonds is 6. The van der Waals surface area contributed by atoms with E-state index in [-0.39, 0.29) is 12.2 Å². The van der Waals surface area contributed by atoms with E-state index in [0.29, 0.717) is 19.2 Å². The van der Waals surface area contributed by atoms with Gasteiger partial charge in [-0.1, -0.05) is 6.92 Å². The fourth-order valence-electron chi connectivity index (χ4n) is 2.52. The largest absolute Gasteiger partial charge is 0.466 e. The van der Waals surface area contributed by atoms with Crippen LogP contribution in [-0.4, -0.2) is 42.9 Å². The monoisotopic (exact) mass is 255 g/mol. The van der Waals surface area contributed by atoms with Gasteiger partial charge in [0, 0.05) is 6.04 Å². The first-order valence-corrected chi connectivity index (χ1v) is 6.90. The van der Waals surface area contributed by atoms with Crippen molar-refractivity contribution >= 4 is 11.8 Å². The van der Waals surface area contributed by atoms with Crippen molar-refractivity contribution in [3.05, 3.63) is 0 Å². The minimum Gasteiger partial charge on any atom is -0.466 e. The summed E-state index contributed by atoms with van der Waals surface area (Å²) in [4.78, 5) is 25.0. The quantitative estimate of drug-likeness (QED) is 0.538. The second-order valence-electron chi connectivity index (χ2n) is 5.35. The van der Waals surface area contributed by atoms with Crippen LogP contribution in [0.2, 0.25) is 0 Å². The lowest BCUT2D eigenvalue weighted by Crippen LogP contribution is -2.38. The molecular formula is C14H25NO3. The summed E-state index contributed by atoms with van der Waals surface area (Å²) < 4.78 is 4.78. The summed E-state index contributed by atoms with van der Waals surface area (Å²) in [5.41, 5.74) is 0. The average molecular weight is 255 g/mol. The fraction of sp³-hybridized carbons (Fsp3) is 0.857. The summed E-state index contributed by atoms with van der Waals surface area (Å²) in [7, 11) is 1.98. The van der Waals surface area contributed by atoms with Gasteiger partial charge >= 0.3 is 5.97 Å². The van der Waals surface area contributed by atoms with Gasteiger partial charge in [0.05, 0.1) is 13.2 Å². The van der Waals surface area contributed by atoms with Crippen LogP contribution in [0, 0.1) is 5.92 Å². The SMILES string of the molecule is CCOC(=O)CC(=O)CN(C)C1CCC(C)CC1. The zero-order valence-corrected chi connectivity index (χ0v) is 11.8. The lowest BCUT2D eigenvalue weighted by atomic mass is 9.86. The van der Waals surface area contributed by atoms with E-state index in [0.717, 1.165) is 18.8 Å². The molecule has 4 heteroatoms. The summed E-state index contributed by atoms with van der Waals surface area (Å²) in [5.74, 6) is 0.354. The second kappa shape index (κ2) is 7.52. The molecule has 0 bridgehead atoms. The maximum Gasteiger partial charge on any atom is 0.313 e. The molecule has 0 N–H and O–H groups in total. The number of hydrogen-bond donors (Lipinski definition) is 0. The molecule has 0 heterocycles. The van der Waals surface area contributed by atoms with Gasteiger partial charge in [-0.15, -0.1) is 0 Å². The number of carbonyl (C=O) groups is 2. The van der Waals surface area contributed by atoms with Gasteiger partial charge in [-0.3, -0.25) is 14.5 Å². The Hall–Kier alpha value is -0.900. The van der Waals surface area contributed by atoms with Crippen LogP contribution in [0.5, 0.6) is 0 Å². The number of ketones is 1. The summed E-state index contributed by atoms with van der Waals surface area (Å²) in [5, 5.41) is 0. The van der Waals surface area contributed by atoms with Gasteiger partial charge in [0.1, 0.15) is 6.42 Å². The van der Waals surface area contributed by atoms with Gasteiger partial charge in [-0.05, 0) is 45.6 Å². The van der Waals surface area contributed by atoms with E-state index >= 15 is 0 Å². The maximum absolute atomic E-state index is 11.7. The molecule has 0 unspecified atom stereocenters. The molecule has 1 aliphatic rings. The van der Waals surface area contributed by atoms with Crippen LogP contribution < -0.4 is 0 Å². The zero-order valence-electron chi connectivity index (χ0n) is 11.8. The molecule has 1 rings (SSSR count). The van der Waals surface area contributed by atoms with Crippen molar-refractivity contribution in [2.45, 2.75) is 52.0 Å². The molecule has 1 saturated carbocycles. The molecule has 0 aromatic heterocycles. The Bertz CT molecular complexity index is 283. The Balaban J connectivity index is 2.28. The number of esters is 1. The number of hydrogen-bond acceptors (Lipinski definition) is 4. The van der Waals surface area contributed by atoms with Gasteiger partial charge in [0.25, 0.3) is 0 Å². The molecule has 1 aliphatic carbocycles. The Morgan fingerprint density at radius 3 is 2.39 bits per heavy atom. The highest BCUT2D eigenvalue weighted by atomic mass is 16.5. The van der Waals surface area contributed by atoms with Gasteiger partial charge in [0.15, 0.2) is 5.78 Å². The molecule has 0 saturated heterocycles. The van der Waals surface area contributed by atoms with Crippen LogP contribution in [0.3, 0.4) is 0 Å². The normalized spacial score (nSPS) is 24.0. The lowest BCUT2D eigenvalue weighted by Gasteiger charge is -2.33. The van der Waals surface area contributed by atoms with Crippen LogP contribution in [0.25, 0.3) is 0 Å². The minimum absolute atomic E-state index is 0.0467. The van der Waals surface area contributed by atoms with Crippen LogP contribution in [0.1, 0.15) is 46.0 Å². The molecule has 18 heavy (non-hydrogen) atoms. The third kappa shape index (κ3) is 5.17. The molecular weight excluding hydrogens is 230 g/mol. The topological polar surface area (TPSA) is 46.6 Å². The summed E-state index contributed by atoms with van der Waals surface area (Å²) in [6.07, 6.45) is 4.69. The maximum atomic E-state index is 11.7. The van der Waals surface area contributed by atoms with Crippen molar-refractivity contribution in [2.75, 3.05) is 20.2 Å². The van der Waals surface area contributed by atoms with Crippen LogP contribution >= 0.6 is 0 Å². The Morgan fingerprint density at radius 1 is 1.22 bits per heavy atom. The molecule has 4 nitrogen and oxygen atoms in total. The first-order chi connectivity index (χ1) is 8.52. The van der Waals surface area contributed by atoms with Gasteiger partial charge in [-0.25, -0.2) is 0 Å². The molecule has 0 aliphatic heterocycles. The van der Waals surface area contributed by atoms with E-state index in [9.17, 15) is 9.59 Å². The Labute approximate surface area is 110 Å². The molecule has 0 radical (unpaired) electrons. The highest BCUT2D eigenvalue weighted by Crippen LogP contribution is 2.26. The number of Topliss-reactive ketones (excluding diaryl/α,β-unsaturated/α-hetero) is 1. The number of nitrogens with zero attached hydrogens (tertiary/aromatic N) is 1. The molecule has 0 aromatic rings. The Kier molecular flexibility index (Phi) is 6.33. The summed E-state index contributed by atoms with van der Waals surface area (Å²) in [6, 6.07) is 0.493. The molecule has 0 amide bonds. The lowest BCUT2D eigenvalue weighted by molar-refractivity contribution is -0.145. The van der Waals surface area contributed by atoms with Crippen LogP contribution in [-0.2, 0) is 14.3 Å². The average Bonchev–Trinajstić information content (AvgIpc) is 2.29. The molecule has 0 atom stereocenters. The van der Waals surface area contributed by atoms with Crippen molar-refractivity contribution in [2.24, 2.45) is 5.92 Å². The van der Waals surface area contributed by atoms with Crippen molar-refractivity contribution < 1.29 is 14.3 Å². The van der Waals surface area contributed by atoms with Crippen molar-refractivity contribution in [1.82, 2.24) is 4.90 Å². The number of ether oxygens (including phenoxy) is 1. The number of carbonyl (C=O) groups excluding carboxylic acids is 2.